The molecule has 2 amide bonds. The molecule has 28 heavy (non-hydrogen) atoms. The van der Waals surface area contributed by atoms with E-state index >= 15 is 0 Å². The summed E-state index contributed by atoms with van der Waals surface area (Å²) < 4.78 is 10.7. The van der Waals surface area contributed by atoms with Gasteiger partial charge in [0, 0.05) is 44.2 Å². The number of hydrogen-bond acceptors (Lipinski definition) is 5. The Labute approximate surface area is 163 Å². The molecule has 150 valence electrons. The van der Waals surface area contributed by atoms with Gasteiger partial charge in [0.25, 0.3) is 0 Å². The molecule has 3 aliphatic heterocycles. The molecule has 3 heterocycles. The molecule has 0 radical (unpaired) electrons. The van der Waals surface area contributed by atoms with Crippen molar-refractivity contribution in [2.75, 3.05) is 31.3 Å². The number of piperidine rings is 1. The molecule has 1 atom stereocenters. The minimum absolute atomic E-state index is 0.0216. The van der Waals surface area contributed by atoms with Gasteiger partial charge in [-0.15, -0.1) is 0 Å². The van der Waals surface area contributed by atoms with Crippen molar-refractivity contribution in [3.63, 3.8) is 0 Å². The monoisotopic (exact) mass is 388 g/mol. The Morgan fingerprint density at radius 1 is 1.14 bits per heavy atom. The van der Waals surface area contributed by atoms with E-state index in [1.807, 2.05) is 11.0 Å². The van der Waals surface area contributed by atoms with E-state index in [0.29, 0.717) is 43.5 Å². The summed E-state index contributed by atoms with van der Waals surface area (Å²) in [4.78, 5) is 39.6. The molecule has 0 aromatic heterocycles. The fraction of sp³-hybridized carbons (Fsp3) is 0.550. The van der Waals surface area contributed by atoms with Crippen molar-refractivity contribution in [3.8, 4) is 11.5 Å². The molecule has 0 unspecified atom stereocenters. The molecule has 2 fully saturated rings. The molecule has 1 aromatic carbocycles. The number of likely N-dealkylation sites (tertiary alicyclic amines) is 1. The van der Waals surface area contributed by atoms with Crippen LogP contribution in [0.4, 0.5) is 5.69 Å². The summed E-state index contributed by atoms with van der Waals surface area (Å²) in [7, 11) is 0. The highest BCUT2D eigenvalue weighted by Crippen LogP contribution is 2.37. The van der Waals surface area contributed by atoms with Gasteiger partial charge in [0.05, 0.1) is 5.92 Å². The average Bonchev–Trinajstić information content (AvgIpc) is 3.32. The van der Waals surface area contributed by atoms with E-state index in [9.17, 15) is 14.4 Å². The normalized spacial score (nSPS) is 22.0. The Bertz CT molecular complexity index is 787. The highest BCUT2D eigenvalue weighted by atomic mass is 16.7. The molecule has 0 bridgehead atoms. The Balaban J connectivity index is 1.34. The zero-order chi connectivity index (χ0) is 19.7. The largest absolute Gasteiger partial charge is 0.481 e. The molecular formula is C20H24N2O6. The molecule has 1 aromatic rings. The number of carboxylic acids is 1. The van der Waals surface area contributed by atoms with E-state index in [4.69, 9.17) is 14.6 Å². The van der Waals surface area contributed by atoms with Gasteiger partial charge in [-0.2, -0.15) is 0 Å². The van der Waals surface area contributed by atoms with Crippen molar-refractivity contribution in [2.24, 2.45) is 11.8 Å². The van der Waals surface area contributed by atoms with Gasteiger partial charge in [0.15, 0.2) is 11.5 Å². The predicted octanol–water partition coefficient (Wildman–Crippen LogP) is 1.87. The van der Waals surface area contributed by atoms with Crippen LogP contribution in [0.25, 0.3) is 0 Å². The van der Waals surface area contributed by atoms with Crippen LogP contribution in [0.5, 0.6) is 11.5 Å². The molecule has 0 saturated carbocycles. The lowest BCUT2D eigenvalue weighted by Gasteiger charge is -2.33. The summed E-state index contributed by atoms with van der Waals surface area (Å²) in [6, 6.07) is 5.37. The predicted molar refractivity (Wildman–Crippen MR) is 99.2 cm³/mol. The molecular weight excluding hydrogens is 364 g/mol. The topological polar surface area (TPSA) is 96.4 Å². The first kappa shape index (κ1) is 18.6. The van der Waals surface area contributed by atoms with Crippen LogP contribution in [0.2, 0.25) is 0 Å². The van der Waals surface area contributed by atoms with Gasteiger partial charge in [-0.25, -0.2) is 0 Å². The first-order chi connectivity index (χ1) is 13.5. The standard InChI is InChI=1S/C20H24N2O6/c23-18-9-14(11-22(18)15-2-3-16-17(10-15)28-12-27-16)20(26)21-7-5-13(6-8-21)1-4-19(24)25/h2-3,10,13-14H,1,4-9,11-12H2,(H,24,25)/t14-/m0/s1. The summed E-state index contributed by atoms with van der Waals surface area (Å²) in [5, 5.41) is 8.81. The summed E-state index contributed by atoms with van der Waals surface area (Å²) in [5.41, 5.74) is 0.719. The number of hydrogen-bond donors (Lipinski definition) is 1. The van der Waals surface area contributed by atoms with Crippen molar-refractivity contribution in [1.82, 2.24) is 4.90 Å². The molecule has 2 saturated heterocycles. The fourth-order valence-electron chi connectivity index (χ4n) is 4.20. The zero-order valence-electron chi connectivity index (χ0n) is 15.6. The number of rotatable bonds is 5. The highest BCUT2D eigenvalue weighted by molar-refractivity contribution is 6.00. The second-order valence-electron chi connectivity index (χ2n) is 7.64. The highest BCUT2D eigenvalue weighted by Gasteiger charge is 2.38. The van der Waals surface area contributed by atoms with Crippen molar-refractivity contribution in [1.29, 1.82) is 0 Å². The number of carbonyl (C=O) groups excluding carboxylic acids is 2. The van der Waals surface area contributed by atoms with Crippen LogP contribution in [0.15, 0.2) is 18.2 Å². The molecule has 8 nitrogen and oxygen atoms in total. The molecule has 0 spiro atoms. The Morgan fingerprint density at radius 2 is 1.89 bits per heavy atom. The number of anilines is 1. The maximum atomic E-state index is 12.9. The third kappa shape index (κ3) is 3.76. The van der Waals surface area contributed by atoms with E-state index in [1.54, 1.807) is 17.0 Å². The molecule has 1 N–H and O–H groups in total. The molecule has 3 aliphatic rings. The number of nitrogens with zero attached hydrogens (tertiary/aromatic N) is 2. The quantitative estimate of drug-likeness (QED) is 0.827. The van der Waals surface area contributed by atoms with Crippen LogP contribution in [0.1, 0.15) is 32.1 Å². The van der Waals surface area contributed by atoms with Gasteiger partial charge in [-0.3, -0.25) is 14.4 Å². The van der Waals surface area contributed by atoms with Crippen molar-refractivity contribution >= 4 is 23.5 Å². The Morgan fingerprint density at radius 3 is 2.64 bits per heavy atom. The van der Waals surface area contributed by atoms with Crippen LogP contribution < -0.4 is 14.4 Å². The molecule has 8 heteroatoms. The average molecular weight is 388 g/mol. The number of amides is 2. The maximum absolute atomic E-state index is 12.9. The van der Waals surface area contributed by atoms with Crippen molar-refractivity contribution in [3.05, 3.63) is 18.2 Å². The zero-order valence-corrected chi connectivity index (χ0v) is 15.6. The number of carbonyl (C=O) groups is 3. The fourth-order valence-corrected chi connectivity index (χ4v) is 4.20. The number of aliphatic carboxylic acids is 1. The van der Waals surface area contributed by atoms with Crippen LogP contribution >= 0.6 is 0 Å². The lowest BCUT2D eigenvalue weighted by atomic mass is 9.91. The number of ether oxygens (including phenoxy) is 2. The number of benzene rings is 1. The van der Waals surface area contributed by atoms with Crippen LogP contribution in [0.3, 0.4) is 0 Å². The first-order valence-corrected chi connectivity index (χ1v) is 9.72. The summed E-state index contributed by atoms with van der Waals surface area (Å²) in [6.45, 7) is 1.82. The second-order valence-corrected chi connectivity index (χ2v) is 7.64. The third-order valence-electron chi connectivity index (χ3n) is 5.83. The van der Waals surface area contributed by atoms with Crippen LogP contribution in [0, 0.1) is 11.8 Å². The van der Waals surface area contributed by atoms with Crippen LogP contribution in [-0.4, -0.2) is 54.2 Å². The van der Waals surface area contributed by atoms with E-state index in [0.717, 1.165) is 18.5 Å². The number of fused-ring (bicyclic) bond motifs is 1. The van der Waals surface area contributed by atoms with E-state index < -0.39 is 5.97 Å². The van der Waals surface area contributed by atoms with Crippen molar-refractivity contribution in [2.45, 2.75) is 32.1 Å². The first-order valence-electron chi connectivity index (χ1n) is 9.72. The Kier molecular flexibility index (Phi) is 5.11. The second kappa shape index (κ2) is 7.69. The van der Waals surface area contributed by atoms with Crippen LogP contribution in [-0.2, 0) is 14.4 Å². The van der Waals surface area contributed by atoms with Gasteiger partial charge in [-0.05, 0) is 37.3 Å². The summed E-state index contributed by atoms with van der Waals surface area (Å²) in [6.07, 6.45) is 2.71. The summed E-state index contributed by atoms with van der Waals surface area (Å²) >= 11 is 0. The molecule has 4 rings (SSSR count). The lowest BCUT2D eigenvalue weighted by molar-refractivity contribution is -0.139. The minimum atomic E-state index is -0.772. The molecule has 0 aliphatic carbocycles. The van der Waals surface area contributed by atoms with Crippen molar-refractivity contribution < 1.29 is 29.0 Å². The van der Waals surface area contributed by atoms with E-state index in [2.05, 4.69) is 0 Å². The third-order valence-corrected chi connectivity index (χ3v) is 5.83. The Hall–Kier alpha value is -2.77. The van der Waals surface area contributed by atoms with E-state index in [1.165, 1.54) is 0 Å². The smallest absolute Gasteiger partial charge is 0.303 e. The minimum Gasteiger partial charge on any atom is -0.481 e. The van der Waals surface area contributed by atoms with Gasteiger partial charge < -0.3 is 24.4 Å². The van der Waals surface area contributed by atoms with Gasteiger partial charge in [0.2, 0.25) is 18.6 Å². The van der Waals surface area contributed by atoms with Gasteiger partial charge >= 0.3 is 5.97 Å². The maximum Gasteiger partial charge on any atom is 0.303 e. The number of carboxylic acid groups (broad SMARTS) is 1. The van der Waals surface area contributed by atoms with Gasteiger partial charge in [0.1, 0.15) is 0 Å². The summed E-state index contributed by atoms with van der Waals surface area (Å²) in [5.74, 6) is 0.481. The van der Waals surface area contributed by atoms with Gasteiger partial charge in [-0.1, -0.05) is 0 Å². The van der Waals surface area contributed by atoms with E-state index in [-0.39, 0.29) is 37.4 Å². The lowest BCUT2D eigenvalue weighted by Crippen LogP contribution is -2.42. The SMILES string of the molecule is O=C(O)CCC1CCN(C(=O)[C@H]2CC(=O)N(c3ccc4c(c3)OCO4)C2)CC1.